The number of amides is 2. The quantitative estimate of drug-likeness (QED) is 0.538. The van der Waals surface area contributed by atoms with Crippen LogP contribution >= 0.6 is 11.3 Å². The van der Waals surface area contributed by atoms with Crippen molar-refractivity contribution in [2.24, 2.45) is 5.73 Å². The number of nitrogens with one attached hydrogen (secondary N) is 1. The largest absolute Gasteiger partial charge is 0.493 e. The van der Waals surface area contributed by atoms with Crippen LogP contribution in [0.4, 0.5) is 13.2 Å². The van der Waals surface area contributed by atoms with Gasteiger partial charge in [-0.3, -0.25) is 9.59 Å². The Hall–Kier alpha value is -2.86. The molecular weight excluding hydrogens is 427 g/mol. The van der Waals surface area contributed by atoms with Gasteiger partial charge in [0.25, 0.3) is 5.91 Å². The molecule has 0 aliphatic carbocycles. The maximum atomic E-state index is 13.5. The number of nitrogens with two attached hydrogens (primary N) is 1. The molecule has 1 unspecified atom stereocenters. The summed E-state index contributed by atoms with van der Waals surface area (Å²) in [6.07, 6.45) is -6.32. The Morgan fingerprint density at radius 3 is 2.53 bits per heavy atom. The minimum absolute atomic E-state index is 0.129. The number of halogens is 3. The van der Waals surface area contributed by atoms with E-state index in [0.29, 0.717) is 22.6 Å². The molecule has 30 heavy (non-hydrogen) atoms. The van der Waals surface area contributed by atoms with E-state index >= 15 is 0 Å². The highest BCUT2D eigenvalue weighted by Gasteiger charge is 2.58. The number of benzene rings is 1. The van der Waals surface area contributed by atoms with Crippen molar-refractivity contribution in [3.05, 3.63) is 39.8 Å². The molecule has 0 aliphatic rings. The Balaban J connectivity index is 2.08. The van der Waals surface area contributed by atoms with Crippen LogP contribution in [0.3, 0.4) is 0 Å². The van der Waals surface area contributed by atoms with E-state index in [4.69, 9.17) is 15.2 Å². The number of primary amides is 1. The van der Waals surface area contributed by atoms with Crippen molar-refractivity contribution in [1.29, 1.82) is 0 Å². The topological polar surface area (TPSA) is 124 Å². The minimum Gasteiger partial charge on any atom is -0.493 e. The number of nitrogens with zero attached hydrogens (tertiary/aromatic N) is 1. The summed E-state index contributed by atoms with van der Waals surface area (Å²) in [5, 5.41) is 13.3. The zero-order valence-electron chi connectivity index (χ0n) is 16.1. The van der Waals surface area contributed by atoms with Crippen LogP contribution in [-0.4, -0.2) is 41.8 Å². The van der Waals surface area contributed by atoms with Crippen LogP contribution in [0.15, 0.2) is 23.6 Å². The number of aliphatic hydroxyl groups is 1. The molecule has 0 bridgehead atoms. The molecule has 4 N–H and O–H groups in total. The lowest BCUT2D eigenvalue weighted by Crippen LogP contribution is -2.46. The lowest BCUT2D eigenvalue weighted by Gasteiger charge is -2.27. The van der Waals surface area contributed by atoms with Crippen molar-refractivity contribution in [1.82, 2.24) is 10.3 Å². The molecule has 0 fully saturated rings. The molecule has 8 nitrogen and oxygen atoms in total. The van der Waals surface area contributed by atoms with E-state index in [1.165, 1.54) is 37.6 Å². The van der Waals surface area contributed by atoms with Crippen molar-refractivity contribution in [3.8, 4) is 11.5 Å². The molecule has 2 amide bonds. The van der Waals surface area contributed by atoms with E-state index in [1.54, 1.807) is 0 Å². The van der Waals surface area contributed by atoms with Gasteiger partial charge in [0.1, 0.15) is 5.01 Å². The zero-order chi connectivity index (χ0) is 22.5. The average molecular weight is 447 g/mol. The molecule has 0 radical (unpaired) electrons. The summed E-state index contributed by atoms with van der Waals surface area (Å²) in [6, 6.07) is 4.48. The van der Waals surface area contributed by atoms with Crippen LogP contribution in [-0.2, 0) is 21.7 Å². The Labute approximate surface area is 173 Å². The zero-order valence-corrected chi connectivity index (χ0v) is 16.9. The summed E-state index contributed by atoms with van der Waals surface area (Å²) in [5.41, 5.74) is 2.42. The van der Waals surface area contributed by atoms with E-state index in [1.807, 2.05) is 0 Å². The number of aromatic nitrogens is 1. The van der Waals surface area contributed by atoms with E-state index in [0.717, 1.165) is 0 Å². The molecule has 0 spiro atoms. The van der Waals surface area contributed by atoms with E-state index in [2.05, 4.69) is 10.3 Å². The number of alkyl halides is 3. The number of aryl methyl sites for hydroxylation is 1. The number of rotatable bonds is 9. The monoisotopic (exact) mass is 447 g/mol. The highest BCUT2D eigenvalue weighted by atomic mass is 32.1. The Morgan fingerprint density at radius 2 is 2.00 bits per heavy atom. The molecule has 1 atom stereocenters. The number of methoxy groups -OCH3 is 1. The Bertz CT molecular complexity index is 919. The number of hydrogen-bond acceptors (Lipinski definition) is 7. The molecule has 1 heterocycles. The Morgan fingerprint density at radius 1 is 1.30 bits per heavy atom. The van der Waals surface area contributed by atoms with Crippen LogP contribution in [0.2, 0.25) is 0 Å². The maximum Gasteiger partial charge on any atom is 0.424 e. The molecule has 1 aromatic heterocycles. The normalized spacial score (nSPS) is 13.4. The highest BCUT2D eigenvalue weighted by molar-refractivity contribution is 7.09. The number of thiazole rings is 1. The van der Waals surface area contributed by atoms with Crippen molar-refractivity contribution in [2.45, 2.75) is 31.7 Å². The van der Waals surface area contributed by atoms with E-state index in [-0.39, 0.29) is 24.7 Å². The van der Waals surface area contributed by atoms with Gasteiger partial charge in [-0.05, 0) is 24.6 Å². The van der Waals surface area contributed by atoms with Gasteiger partial charge in [0.05, 0.1) is 13.5 Å². The predicted octanol–water partition coefficient (Wildman–Crippen LogP) is 1.78. The first-order chi connectivity index (χ1) is 14.0. The van der Waals surface area contributed by atoms with Crippen LogP contribution in [0.5, 0.6) is 11.5 Å². The number of hydrogen-bond donors (Lipinski definition) is 3. The summed E-state index contributed by atoms with van der Waals surface area (Å²) in [7, 11) is 1.36. The maximum absolute atomic E-state index is 13.5. The van der Waals surface area contributed by atoms with Gasteiger partial charge in [-0.25, -0.2) is 4.98 Å². The minimum atomic E-state index is -5.09. The van der Waals surface area contributed by atoms with Gasteiger partial charge in [-0.15, -0.1) is 11.3 Å². The second kappa shape index (κ2) is 9.30. The molecule has 1 aromatic carbocycles. The molecule has 2 rings (SSSR count). The summed E-state index contributed by atoms with van der Waals surface area (Å²) >= 11 is 0.629. The number of carbonyl (C=O) groups is 2. The average Bonchev–Trinajstić information content (AvgIpc) is 3.10. The lowest BCUT2D eigenvalue weighted by molar-refractivity contribution is -0.267. The lowest BCUT2D eigenvalue weighted by atomic mass is 9.99. The van der Waals surface area contributed by atoms with E-state index < -0.39 is 35.0 Å². The van der Waals surface area contributed by atoms with Gasteiger partial charge in [0.15, 0.2) is 18.1 Å². The third-order valence-corrected chi connectivity index (χ3v) is 5.06. The molecule has 2 aromatic rings. The fourth-order valence-electron chi connectivity index (χ4n) is 2.43. The van der Waals surface area contributed by atoms with Gasteiger partial charge in [-0.1, -0.05) is 6.07 Å². The first-order valence-corrected chi connectivity index (χ1v) is 9.40. The molecule has 164 valence electrons. The van der Waals surface area contributed by atoms with Crippen molar-refractivity contribution >= 4 is 23.2 Å². The number of ether oxygens (including phenoxy) is 2. The smallest absolute Gasteiger partial charge is 0.424 e. The third kappa shape index (κ3) is 5.60. The Kier molecular flexibility index (Phi) is 7.26. The second-order valence-corrected chi connectivity index (χ2v) is 7.20. The summed E-state index contributed by atoms with van der Waals surface area (Å²) < 4.78 is 50.7. The summed E-state index contributed by atoms with van der Waals surface area (Å²) in [5.74, 6) is -1.22. The summed E-state index contributed by atoms with van der Waals surface area (Å²) in [4.78, 5) is 26.7. The van der Waals surface area contributed by atoms with Crippen LogP contribution in [0.1, 0.15) is 22.7 Å². The van der Waals surface area contributed by atoms with Crippen molar-refractivity contribution < 1.29 is 37.3 Å². The molecule has 12 heteroatoms. The van der Waals surface area contributed by atoms with E-state index in [9.17, 15) is 27.9 Å². The van der Waals surface area contributed by atoms with Gasteiger partial charge < -0.3 is 25.6 Å². The van der Waals surface area contributed by atoms with Crippen molar-refractivity contribution in [2.75, 3.05) is 13.7 Å². The van der Waals surface area contributed by atoms with Crippen LogP contribution < -0.4 is 20.5 Å². The first kappa shape index (κ1) is 23.4. The first-order valence-electron chi connectivity index (χ1n) is 8.52. The van der Waals surface area contributed by atoms with Gasteiger partial charge in [0.2, 0.25) is 11.5 Å². The SMILES string of the molecule is COc1cc(CNC(=O)CC(O)(c2nc(C)cs2)C(F)(F)F)ccc1OCC(N)=O. The molecule has 0 saturated carbocycles. The van der Waals surface area contributed by atoms with Gasteiger partial charge >= 0.3 is 6.18 Å². The number of carbonyl (C=O) groups excluding carboxylic acids is 2. The fraction of sp³-hybridized carbons (Fsp3) is 0.389. The van der Waals surface area contributed by atoms with Gasteiger partial charge in [-0.2, -0.15) is 13.2 Å². The molecule has 0 aliphatic heterocycles. The predicted molar refractivity (Wildman–Crippen MR) is 101 cm³/mol. The third-order valence-electron chi connectivity index (χ3n) is 3.95. The summed E-state index contributed by atoms with van der Waals surface area (Å²) in [6.45, 7) is 0.996. The molecule has 0 saturated heterocycles. The standard InChI is InChI=1S/C18H20F3N3O5S/c1-10-9-30-16(24-10)17(27,18(19,20)21)6-15(26)23-7-11-3-4-12(13(5-11)28-2)29-8-14(22)25/h3-5,9,27H,6-8H2,1-2H3,(H2,22,25)(H,23,26). The van der Waals surface area contributed by atoms with Crippen LogP contribution in [0, 0.1) is 6.92 Å². The van der Waals surface area contributed by atoms with Gasteiger partial charge in [0, 0.05) is 17.6 Å². The fourth-order valence-corrected chi connectivity index (χ4v) is 3.34. The highest BCUT2D eigenvalue weighted by Crippen LogP contribution is 2.42. The molecular formula is C18H20F3N3O5S. The van der Waals surface area contributed by atoms with Crippen molar-refractivity contribution in [3.63, 3.8) is 0 Å². The second-order valence-electron chi connectivity index (χ2n) is 6.35. The van der Waals surface area contributed by atoms with Crippen LogP contribution in [0.25, 0.3) is 0 Å².